The first-order valence-electron chi connectivity index (χ1n) is 7.09. The molecule has 0 radical (unpaired) electrons. The van der Waals surface area contributed by atoms with Crippen LogP contribution in [-0.4, -0.2) is 40.3 Å². The van der Waals surface area contributed by atoms with Crippen LogP contribution in [0.2, 0.25) is 0 Å². The van der Waals surface area contributed by atoms with Gasteiger partial charge >= 0.3 is 5.97 Å². The van der Waals surface area contributed by atoms with Crippen LogP contribution < -0.4 is 5.73 Å². The SMILES string of the molecule is Nc1cccc(CN2CCCCC2CCO)c1C(=O)O. The molecule has 2 rings (SSSR count). The number of rotatable bonds is 5. The lowest BCUT2D eigenvalue weighted by Crippen LogP contribution is -2.39. The second kappa shape index (κ2) is 6.72. The number of carboxylic acid groups (broad SMARTS) is 1. The Kier molecular flexibility index (Phi) is 4.98. The van der Waals surface area contributed by atoms with E-state index in [2.05, 4.69) is 4.90 Å². The number of benzene rings is 1. The fraction of sp³-hybridized carbons (Fsp3) is 0.533. The number of nitrogens with zero attached hydrogens (tertiary/aromatic N) is 1. The van der Waals surface area contributed by atoms with Crippen molar-refractivity contribution in [2.75, 3.05) is 18.9 Å². The van der Waals surface area contributed by atoms with E-state index in [4.69, 9.17) is 10.8 Å². The van der Waals surface area contributed by atoms with Crippen molar-refractivity contribution in [3.63, 3.8) is 0 Å². The number of piperidine rings is 1. The summed E-state index contributed by atoms with van der Waals surface area (Å²) in [4.78, 5) is 13.6. The van der Waals surface area contributed by atoms with E-state index in [1.54, 1.807) is 12.1 Å². The zero-order valence-electron chi connectivity index (χ0n) is 11.6. The molecule has 1 aromatic rings. The Hall–Kier alpha value is -1.59. The summed E-state index contributed by atoms with van der Waals surface area (Å²) < 4.78 is 0. The molecule has 0 amide bonds. The second-order valence-corrected chi connectivity index (χ2v) is 5.32. The van der Waals surface area contributed by atoms with E-state index in [1.165, 1.54) is 6.42 Å². The molecule has 1 aliphatic rings. The van der Waals surface area contributed by atoms with Crippen LogP contribution >= 0.6 is 0 Å². The van der Waals surface area contributed by atoms with Crippen molar-refractivity contribution in [3.8, 4) is 0 Å². The predicted octanol–water partition coefficient (Wildman–Crippen LogP) is 1.70. The van der Waals surface area contributed by atoms with E-state index in [0.717, 1.165) is 31.4 Å². The topological polar surface area (TPSA) is 86.8 Å². The largest absolute Gasteiger partial charge is 0.478 e. The van der Waals surface area contributed by atoms with Crippen LogP contribution in [0.1, 0.15) is 41.6 Å². The number of carbonyl (C=O) groups is 1. The third kappa shape index (κ3) is 3.29. The van der Waals surface area contributed by atoms with E-state index in [0.29, 0.717) is 18.3 Å². The summed E-state index contributed by atoms with van der Waals surface area (Å²) in [5.41, 5.74) is 7.05. The molecule has 1 saturated heterocycles. The zero-order valence-corrected chi connectivity index (χ0v) is 11.6. The number of hydrogen-bond acceptors (Lipinski definition) is 4. The Morgan fingerprint density at radius 3 is 2.90 bits per heavy atom. The van der Waals surface area contributed by atoms with Gasteiger partial charge < -0.3 is 15.9 Å². The van der Waals surface area contributed by atoms with Crippen molar-refractivity contribution in [2.24, 2.45) is 0 Å². The third-order valence-electron chi connectivity index (χ3n) is 3.98. The van der Waals surface area contributed by atoms with E-state index in [1.807, 2.05) is 6.07 Å². The molecule has 1 aromatic carbocycles. The van der Waals surface area contributed by atoms with Crippen LogP contribution in [0, 0.1) is 0 Å². The van der Waals surface area contributed by atoms with Gasteiger partial charge in [-0.25, -0.2) is 4.79 Å². The van der Waals surface area contributed by atoms with Crippen LogP contribution in [0.4, 0.5) is 5.69 Å². The minimum atomic E-state index is -0.978. The number of nitrogens with two attached hydrogens (primary N) is 1. The lowest BCUT2D eigenvalue weighted by atomic mass is 9.97. The molecule has 0 aromatic heterocycles. The summed E-state index contributed by atoms with van der Waals surface area (Å²) in [7, 11) is 0. The van der Waals surface area contributed by atoms with Crippen molar-refractivity contribution in [1.29, 1.82) is 0 Å². The lowest BCUT2D eigenvalue weighted by molar-refractivity contribution is 0.0691. The first-order chi connectivity index (χ1) is 9.63. The molecule has 1 heterocycles. The van der Waals surface area contributed by atoms with E-state index in [9.17, 15) is 9.90 Å². The maximum absolute atomic E-state index is 11.4. The molecule has 1 unspecified atom stereocenters. The standard InChI is InChI=1S/C15H22N2O3/c16-13-6-3-4-11(14(13)15(19)20)10-17-8-2-1-5-12(17)7-9-18/h3-4,6,12,18H,1-2,5,7-10,16H2,(H,19,20). The fourth-order valence-corrected chi connectivity index (χ4v) is 2.98. The number of aliphatic hydroxyl groups excluding tert-OH is 1. The van der Waals surface area contributed by atoms with Crippen LogP contribution in [0.15, 0.2) is 18.2 Å². The lowest BCUT2D eigenvalue weighted by Gasteiger charge is -2.35. The molecule has 0 spiro atoms. The highest BCUT2D eigenvalue weighted by Gasteiger charge is 2.24. The Morgan fingerprint density at radius 1 is 1.40 bits per heavy atom. The van der Waals surface area contributed by atoms with Gasteiger partial charge in [0.15, 0.2) is 0 Å². The Balaban J connectivity index is 2.20. The normalized spacial score (nSPS) is 19.9. The predicted molar refractivity (Wildman–Crippen MR) is 77.6 cm³/mol. The van der Waals surface area contributed by atoms with Crippen LogP contribution in [-0.2, 0) is 6.54 Å². The average Bonchev–Trinajstić information content (AvgIpc) is 2.41. The quantitative estimate of drug-likeness (QED) is 0.714. The van der Waals surface area contributed by atoms with E-state index >= 15 is 0 Å². The summed E-state index contributed by atoms with van der Waals surface area (Å²) in [6.07, 6.45) is 4.09. The van der Waals surface area contributed by atoms with Gasteiger partial charge in [0.05, 0.1) is 5.56 Å². The van der Waals surface area contributed by atoms with E-state index < -0.39 is 5.97 Å². The monoisotopic (exact) mass is 278 g/mol. The van der Waals surface area contributed by atoms with E-state index in [-0.39, 0.29) is 12.2 Å². The second-order valence-electron chi connectivity index (χ2n) is 5.32. The van der Waals surface area contributed by atoms with Gasteiger partial charge in [0.25, 0.3) is 0 Å². The van der Waals surface area contributed by atoms with Crippen molar-refractivity contribution >= 4 is 11.7 Å². The summed E-state index contributed by atoms with van der Waals surface area (Å²) in [5.74, 6) is -0.978. The maximum atomic E-state index is 11.4. The van der Waals surface area contributed by atoms with Gasteiger partial charge in [-0.3, -0.25) is 4.90 Å². The van der Waals surface area contributed by atoms with Crippen molar-refractivity contribution in [2.45, 2.75) is 38.3 Å². The number of carboxylic acids is 1. The van der Waals surface area contributed by atoms with Gasteiger partial charge in [0.1, 0.15) is 0 Å². The fourth-order valence-electron chi connectivity index (χ4n) is 2.98. The molecule has 5 nitrogen and oxygen atoms in total. The van der Waals surface area contributed by atoms with Crippen LogP contribution in [0.5, 0.6) is 0 Å². The number of nitrogen functional groups attached to an aromatic ring is 1. The third-order valence-corrected chi connectivity index (χ3v) is 3.98. The maximum Gasteiger partial charge on any atom is 0.338 e. The molecule has 4 N–H and O–H groups in total. The van der Waals surface area contributed by atoms with Gasteiger partial charge in [-0.1, -0.05) is 18.6 Å². The van der Waals surface area contributed by atoms with Crippen LogP contribution in [0.3, 0.4) is 0 Å². The highest BCUT2D eigenvalue weighted by molar-refractivity contribution is 5.95. The highest BCUT2D eigenvalue weighted by Crippen LogP contribution is 2.25. The molecule has 110 valence electrons. The minimum absolute atomic E-state index is 0.171. The molecule has 0 saturated carbocycles. The van der Waals surface area contributed by atoms with Crippen molar-refractivity contribution < 1.29 is 15.0 Å². The number of aliphatic hydroxyl groups is 1. The number of aromatic carboxylic acids is 1. The summed E-state index contributed by atoms with van der Waals surface area (Å²) in [6, 6.07) is 5.57. The van der Waals surface area contributed by atoms with Gasteiger partial charge in [0, 0.05) is 24.9 Å². The molecule has 1 aliphatic heterocycles. The number of likely N-dealkylation sites (tertiary alicyclic amines) is 1. The molecule has 20 heavy (non-hydrogen) atoms. The molecule has 0 aliphatic carbocycles. The van der Waals surface area contributed by atoms with Crippen LogP contribution in [0.25, 0.3) is 0 Å². The molecule has 1 atom stereocenters. The molecular formula is C15H22N2O3. The van der Waals surface area contributed by atoms with Gasteiger partial charge in [-0.05, 0) is 37.4 Å². The summed E-state index contributed by atoms with van der Waals surface area (Å²) in [5, 5.41) is 18.5. The molecule has 5 heteroatoms. The molecule has 1 fully saturated rings. The van der Waals surface area contributed by atoms with Crippen molar-refractivity contribution in [3.05, 3.63) is 29.3 Å². The first kappa shape index (κ1) is 14.8. The minimum Gasteiger partial charge on any atom is -0.478 e. The summed E-state index contributed by atoms with van der Waals surface area (Å²) in [6.45, 7) is 1.69. The smallest absolute Gasteiger partial charge is 0.338 e. The zero-order chi connectivity index (χ0) is 14.5. The first-order valence-corrected chi connectivity index (χ1v) is 7.09. The Bertz CT molecular complexity index is 474. The van der Waals surface area contributed by atoms with Gasteiger partial charge in [0.2, 0.25) is 0 Å². The number of hydrogen-bond donors (Lipinski definition) is 3. The molecule has 0 bridgehead atoms. The highest BCUT2D eigenvalue weighted by atomic mass is 16.4. The van der Waals surface area contributed by atoms with Gasteiger partial charge in [-0.2, -0.15) is 0 Å². The van der Waals surface area contributed by atoms with Crippen molar-refractivity contribution in [1.82, 2.24) is 4.90 Å². The summed E-state index contributed by atoms with van der Waals surface area (Å²) >= 11 is 0. The van der Waals surface area contributed by atoms with Gasteiger partial charge in [-0.15, -0.1) is 0 Å². The Labute approximate surface area is 119 Å². The molecular weight excluding hydrogens is 256 g/mol. The number of anilines is 1. The Morgan fingerprint density at radius 2 is 2.20 bits per heavy atom. The average molecular weight is 278 g/mol.